The molecule has 1 aliphatic heterocycles. The van der Waals surface area contributed by atoms with E-state index < -0.39 is 0 Å². The molecule has 2 N–H and O–H groups in total. The molecule has 0 radical (unpaired) electrons. The summed E-state index contributed by atoms with van der Waals surface area (Å²) in [4.78, 5) is 2.48. The molecule has 3 atom stereocenters. The van der Waals surface area contributed by atoms with Crippen molar-refractivity contribution in [1.82, 2.24) is 4.90 Å². The number of fused-ring (bicyclic) bond motifs is 1. The highest BCUT2D eigenvalue weighted by Crippen LogP contribution is 2.35. The second kappa shape index (κ2) is 6.21. The van der Waals surface area contributed by atoms with Crippen molar-refractivity contribution in [1.29, 1.82) is 0 Å². The van der Waals surface area contributed by atoms with Crippen molar-refractivity contribution in [2.45, 2.75) is 31.8 Å². The van der Waals surface area contributed by atoms with Gasteiger partial charge < -0.3 is 5.73 Å². The molecule has 106 valence electrons. The van der Waals surface area contributed by atoms with Crippen LogP contribution in [0.4, 0.5) is 4.39 Å². The molecular formula is C15H22ClFN2. The molecule has 2 fully saturated rings. The van der Waals surface area contributed by atoms with Gasteiger partial charge in [0.25, 0.3) is 0 Å². The van der Waals surface area contributed by atoms with Crippen LogP contribution >= 0.6 is 12.4 Å². The first-order valence-electron chi connectivity index (χ1n) is 6.95. The molecular weight excluding hydrogens is 263 g/mol. The molecule has 0 aromatic heterocycles. The summed E-state index contributed by atoms with van der Waals surface area (Å²) in [5, 5.41) is 0. The SMILES string of the molecule is Cl.NC1CCCC2CN(Cc3ccc(F)cc3)CC12. The molecule has 1 aromatic carbocycles. The van der Waals surface area contributed by atoms with E-state index in [0.717, 1.165) is 25.6 Å². The highest BCUT2D eigenvalue weighted by Gasteiger charge is 2.38. The predicted octanol–water partition coefficient (Wildman–Crippen LogP) is 2.81. The van der Waals surface area contributed by atoms with E-state index in [1.165, 1.54) is 24.8 Å². The van der Waals surface area contributed by atoms with Crippen molar-refractivity contribution in [2.24, 2.45) is 17.6 Å². The summed E-state index contributed by atoms with van der Waals surface area (Å²) in [5.74, 6) is 1.31. The molecule has 19 heavy (non-hydrogen) atoms. The van der Waals surface area contributed by atoms with Crippen LogP contribution in [0.2, 0.25) is 0 Å². The zero-order valence-corrected chi connectivity index (χ0v) is 11.9. The van der Waals surface area contributed by atoms with Gasteiger partial charge in [0.15, 0.2) is 0 Å². The maximum Gasteiger partial charge on any atom is 0.123 e. The van der Waals surface area contributed by atoms with Crippen molar-refractivity contribution < 1.29 is 4.39 Å². The summed E-state index contributed by atoms with van der Waals surface area (Å²) < 4.78 is 12.9. The van der Waals surface area contributed by atoms with E-state index in [4.69, 9.17) is 5.73 Å². The Morgan fingerprint density at radius 3 is 2.58 bits per heavy atom. The third kappa shape index (κ3) is 3.28. The van der Waals surface area contributed by atoms with E-state index in [1.54, 1.807) is 12.1 Å². The number of hydrogen-bond acceptors (Lipinski definition) is 2. The Bertz CT molecular complexity index is 409. The van der Waals surface area contributed by atoms with Crippen molar-refractivity contribution >= 4 is 12.4 Å². The number of rotatable bonds is 2. The van der Waals surface area contributed by atoms with Gasteiger partial charge in [0, 0.05) is 25.7 Å². The molecule has 1 aromatic rings. The van der Waals surface area contributed by atoms with E-state index >= 15 is 0 Å². The maximum absolute atomic E-state index is 12.9. The number of likely N-dealkylation sites (tertiary alicyclic amines) is 1. The highest BCUT2D eigenvalue weighted by molar-refractivity contribution is 5.85. The highest BCUT2D eigenvalue weighted by atomic mass is 35.5. The van der Waals surface area contributed by atoms with Crippen molar-refractivity contribution in [3.05, 3.63) is 35.6 Å². The number of halogens is 2. The Morgan fingerprint density at radius 1 is 1.16 bits per heavy atom. The Hall–Kier alpha value is -0.640. The van der Waals surface area contributed by atoms with E-state index in [1.807, 2.05) is 12.1 Å². The van der Waals surface area contributed by atoms with Gasteiger partial charge >= 0.3 is 0 Å². The van der Waals surface area contributed by atoms with E-state index in [2.05, 4.69) is 4.90 Å². The quantitative estimate of drug-likeness (QED) is 0.905. The summed E-state index contributed by atoms with van der Waals surface area (Å²) in [6.45, 7) is 3.21. The van der Waals surface area contributed by atoms with Crippen LogP contribution < -0.4 is 5.73 Å². The van der Waals surface area contributed by atoms with Crippen LogP contribution in [0.5, 0.6) is 0 Å². The first-order chi connectivity index (χ1) is 8.72. The number of nitrogens with zero attached hydrogens (tertiary/aromatic N) is 1. The van der Waals surface area contributed by atoms with Crippen LogP contribution in [0.25, 0.3) is 0 Å². The van der Waals surface area contributed by atoms with Crippen LogP contribution in [0, 0.1) is 17.7 Å². The molecule has 0 amide bonds. The maximum atomic E-state index is 12.9. The Morgan fingerprint density at radius 2 is 1.89 bits per heavy atom. The van der Waals surface area contributed by atoms with Gasteiger partial charge in [0.2, 0.25) is 0 Å². The van der Waals surface area contributed by atoms with Gasteiger partial charge in [-0.05, 0) is 42.4 Å². The minimum Gasteiger partial charge on any atom is -0.327 e. The van der Waals surface area contributed by atoms with Crippen LogP contribution in [0.15, 0.2) is 24.3 Å². The Kier molecular flexibility index (Phi) is 4.82. The minimum absolute atomic E-state index is 0. The standard InChI is InChI=1S/C15H21FN2.ClH/c16-13-6-4-11(5-7-13)8-18-9-12-2-1-3-15(17)14(12)10-18;/h4-7,12,14-15H,1-3,8-10,17H2;1H. The minimum atomic E-state index is -0.157. The average Bonchev–Trinajstić information content (AvgIpc) is 2.76. The molecule has 3 rings (SSSR count). The van der Waals surface area contributed by atoms with Gasteiger partial charge in [-0.25, -0.2) is 4.39 Å². The zero-order chi connectivity index (χ0) is 12.5. The Labute approximate surface area is 120 Å². The molecule has 1 heterocycles. The Balaban J connectivity index is 0.00000133. The summed E-state index contributed by atoms with van der Waals surface area (Å²) in [5.41, 5.74) is 7.42. The molecule has 0 bridgehead atoms. The van der Waals surface area contributed by atoms with E-state index in [0.29, 0.717) is 12.0 Å². The fourth-order valence-electron chi connectivity index (χ4n) is 3.59. The summed E-state index contributed by atoms with van der Waals surface area (Å²) in [6, 6.07) is 7.25. The van der Waals surface area contributed by atoms with Crippen molar-refractivity contribution in [3.8, 4) is 0 Å². The van der Waals surface area contributed by atoms with Crippen LogP contribution in [-0.4, -0.2) is 24.0 Å². The monoisotopic (exact) mass is 284 g/mol. The van der Waals surface area contributed by atoms with E-state index in [-0.39, 0.29) is 18.2 Å². The first kappa shape index (κ1) is 14.8. The van der Waals surface area contributed by atoms with Gasteiger partial charge in [-0.3, -0.25) is 4.90 Å². The van der Waals surface area contributed by atoms with Crippen LogP contribution in [-0.2, 0) is 6.54 Å². The first-order valence-corrected chi connectivity index (χ1v) is 6.95. The van der Waals surface area contributed by atoms with Gasteiger partial charge in [0.1, 0.15) is 5.82 Å². The third-order valence-electron chi connectivity index (χ3n) is 4.55. The summed E-state index contributed by atoms with van der Waals surface area (Å²) in [7, 11) is 0. The fourth-order valence-corrected chi connectivity index (χ4v) is 3.59. The molecule has 2 aliphatic rings. The van der Waals surface area contributed by atoms with Gasteiger partial charge in [-0.15, -0.1) is 12.4 Å². The lowest BCUT2D eigenvalue weighted by Crippen LogP contribution is -2.38. The predicted molar refractivity (Wildman–Crippen MR) is 77.7 cm³/mol. The molecule has 3 unspecified atom stereocenters. The summed E-state index contributed by atoms with van der Waals surface area (Å²) >= 11 is 0. The molecule has 4 heteroatoms. The van der Waals surface area contributed by atoms with Crippen LogP contribution in [0.1, 0.15) is 24.8 Å². The summed E-state index contributed by atoms with van der Waals surface area (Å²) in [6.07, 6.45) is 3.80. The lowest BCUT2D eigenvalue weighted by atomic mass is 9.78. The largest absolute Gasteiger partial charge is 0.327 e. The lowest BCUT2D eigenvalue weighted by Gasteiger charge is -2.29. The smallest absolute Gasteiger partial charge is 0.123 e. The zero-order valence-electron chi connectivity index (χ0n) is 11.1. The normalized spacial score (nSPS) is 30.7. The second-order valence-corrected chi connectivity index (χ2v) is 5.84. The molecule has 1 saturated carbocycles. The van der Waals surface area contributed by atoms with Gasteiger partial charge in [0.05, 0.1) is 0 Å². The van der Waals surface area contributed by atoms with Crippen LogP contribution in [0.3, 0.4) is 0 Å². The molecule has 0 spiro atoms. The average molecular weight is 285 g/mol. The van der Waals surface area contributed by atoms with E-state index in [9.17, 15) is 4.39 Å². The topological polar surface area (TPSA) is 29.3 Å². The van der Waals surface area contributed by atoms with Crippen molar-refractivity contribution in [3.63, 3.8) is 0 Å². The van der Waals surface area contributed by atoms with Crippen molar-refractivity contribution in [2.75, 3.05) is 13.1 Å². The lowest BCUT2D eigenvalue weighted by molar-refractivity contribution is 0.259. The molecule has 1 saturated heterocycles. The molecule has 1 aliphatic carbocycles. The van der Waals surface area contributed by atoms with Gasteiger partial charge in [-0.2, -0.15) is 0 Å². The molecule has 2 nitrogen and oxygen atoms in total. The number of nitrogens with two attached hydrogens (primary N) is 1. The van der Waals surface area contributed by atoms with Gasteiger partial charge in [-0.1, -0.05) is 18.6 Å². The second-order valence-electron chi connectivity index (χ2n) is 5.84. The third-order valence-corrected chi connectivity index (χ3v) is 4.55. The number of benzene rings is 1. The fraction of sp³-hybridized carbons (Fsp3) is 0.600. The number of hydrogen-bond donors (Lipinski definition) is 1.